The summed E-state index contributed by atoms with van der Waals surface area (Å²) >= 11 is 0. The number of hydrogen-bond acceptors (Lipinski definition) is 4. The van der Waals surface area contributed by atoms with Gasteiger partial charge in [-0.25, -0.2) is 0 Å². The quantitative estimate of drug-likeness (QED) is 0.661. The number of unbranched alkanes of at least 4 members (excludes halogenated alkanes) is 4. The molecule has 3 saturated heterocycles. The minimum absolute atomic E-state index is 0.221. The molecular formula is C15H28N2O4. The summed E-state index contributed by atoms with van der Waals surface area (Å²) in [5, 5.41) is 16.6. The smallest absolute Gasteiger partial charge is 0.303 e. The Morgan fingerprint density at radius 1 is 0.619 bits per heavy atom. The molecule has 6 heteroatoms. The first-order chi connectivity index (χ1) is 10.1. The molecule has 0 aliphatic carbocycles. The Morgan fingerprint density at radius 2 is 0.905 bits per heavy atom. The van der Waals surface area contributed by atoms with Gasteiger partial charge in [-0.15, -0.1) is 0 Å². The van der Waals surface area contributed by atoms with E-state index in [1.54, 1.807) is 0 Å². The number of carboxylic acid groups (broad SMARTS) is 2. The van der Waals surface area contributed by atoms with Crippen LogP contribution in [0.2, 0.25) is 0 Å². The van der Waals surface area contributed by atoms with Gasteiger partial charge >= 0.3 is 11.9 Å². The molecule has 122 valence electrons. The molecule has 2 bridgehead atoms. The van der Waals surface area contributed by atoms with Crippen molar-refractivity contribution in [2.24, 2.45) is 0 Å². The van der Waals surface area contributed by atoms with E-state index in [0.29, 0.717) is 12.8 Å². The third-order valence-corrected chi connectivity index (χ3v) is 3.98. The molecule has 6 nitrogen and oxygen atoms in total. The van der Waals surface area contributed by atoms with Crippen LogP contribution in [0.1, 0.15) is 44.9 Å². The third-order valence-electron chi connectivity index (χ3n) is 3.98. The van der Waals surface area contributed by atoms with Crippen LogP contribution in [0.25, 0.3) is 0 Å². The predicted molar refractivity (Wildman–Crippen MR) is 80.5 cm³/mol. The van der Waals surface area contributed by atoms with Crippen molar-refractivity contribution >= 4 is 11.9 Å². The van der Waals surface area contributed by atoms with Crippen molar-refractivity contribution in [1.29, 1.82) is 0 Å². The fourth-order valence-corrected chi connectivity index (χ4v) is 2.60. The Morgan fingerprint density at radius 3 is 1.14 bits per heavy atom. The number of carbonyl (C=O) groups is 2. The van der Waals surface area contributed by atoms with Crippen LogP contribution in [0.4, 0.5) is 0 Å². The van der Waals surface area contributed by atoms with Crippen molar-refractivity contribution < 1.29 is 19.8 Å². The van der Waals surface area contributed by atoms with Crippen molar-refractivity contribution in [2.75, 3.05) is 39.3 Å². The molecule has 2 N–H and O–H groups in total. The molecule has 0 radical (unpaired) electrons. The van der Waals surface area contributed by atoms with Crippen LogP contribution in [0.5, 0.6) is 0 Å². The Balaban J connectivity index is 0.000000230. The summed E-state index contributed by atoms with van der Waals surface area (Å²) in [6, 6.07) is 0. The lowest BCUT2D eigenvalue weighted by Gasteiger charge is -2.41. The van der Waals surface area contributed by atoms with Gasteiger partial charge in [-0.05, 0) is 12.8 Å². The maximum atomic E-state index is 10.1. The molecule has 3 heterocycles. The van der Waals surface area contributed by atoms with Crippen LogP contribution in [-0.4, -0.2) is 71.2 Å². The molecule has 0 spiro atoms. The van der Waals surface area contributed by atoms with Gasteiger partial charge in [0.2, 0.25) is 0 Å². The zero-order valence-corrected chi connectivity index (χ0v) is 12.8. The number of nitrogens with zero attached hydrogens (tertiary/aromatic N) is 2. The number of fused-ring (bicyclic) bond motifs is 3. The monoisotopic (exact) mass is 300 g/mol. The van der Waals surface area contributed by atoms with Crippen LogP contribution in [0.3, 0.4) is 0 Å². The van der Waals surface area contributed by atoms with E-state index in [0.717, 1.165) is 19.3 Å². The van der Waals surface area contributed by atoms with Crippen molar-refractivity contribution in [3.05, 3.63) is 0 Å². The Bertz CT molecular complexity index is 274. The minimum atomic E-state index is -0.759. The first kappa shape index (κ1) is 17.9. The second kappa shape index (κ2) is 10.6. The molecule has 0 saturated carbocycles. The lowest BCUT2D eigenvalue weighted by atomic mass is 10.1. The van der Waals surface area contributed by atoms with Gasteiger partial charge in [-0.1, -0.05) is 19.3 Å². The molecule has 3 fully saturated rings. The summed E-state index contributed by atoms with van der Waals surface area (Å²) in [6.45, 7) is 7.92. The van der Waals surface area contributed by atoms with Crippen molar-refractivity contribution in [3.63, 3.8) is 0 Å². The van der Waals surface area contributed by atoms with Crippen molar-refractivity contribution in [1.82, 2.24) is 9.80 Å². The lowest BCUT2D eigenvalue weighted by Crippen LogP contribution is -2.55. The van der Waals surface area contributed by atoms with E-state index in [4.69, 9.17) is 10.2 Å². The summed E-state index contributed by atoms with van der Waals surface area (Å²) in [5.41, 5.74) is 0. The molecule has 3 rings (SSSR count). The standard InChI is InChI=1S/C9H16O4.C6H12N2/c10-8(11)6-4-2-1-3-5-7-9(12)13;1-2-8-5-3-7(1)4-6-8/h1-7H2,(H,10,11)(H,12,13);1-6H2. The maximum Gasteiger partial charge on any atom is 0.303 e. The fourth-order valence-electron chi connectivity index (χ4n) is 2.60. The summed E-state index contributed by atoms with van der Waals surface area (Å²) in [6.07, 6.45) is 4.53. The Kier molecular flexibility index (Phi) is 9.01. The summed E-state index contributed by atoms with van der Waals surface area (Å²) in [7, 11) is 0. The number of hydrogen-bond donors (Lipinski definition) is 2. The highest BCUT2D eigenvalue weighted by Gasteiger charge is 2.21. The van der Waals surface area contributed by atoms with Gasteiger partial charge in [0.1, 0.15) is 0 Å². The third kappa shape index (κ3) is 9.42. The molecule has 21 heavy (non-hydrogen) atoms. The maximum absolute atomic E-state index is 10.1. The van der Waals surface area contributed by atoms with E-state index in [-0.39, 0.29) is 12.8 Å². The van der Waals surface area contributed by atoms with Gasteiger partial charge in [0.25, 0.3) is 0 Å². The molecular weight excluding hydrogens is 272 g/mol. The second-order valence-corrected chi connectivity index (χ2v) is 5.74. The van der Waals surface area contributed by atoms with Gasteiger partial charge in [-0.3, -0.25) is 19.4 Å². The minimum Gasteiger partial charge on any atom is -0.481 e. The van der Waals surface area contributed by atoms with Gasteiger partial charge in [0, 0.05) is 52.1 Å². The zero-order valence-electron chi connectivity index (χ0n) is 12.8. The molecule has 3 aliphatic heterocycles. The molecule has 0 aromatic heterocycles. The molecule has 0 aromatic rings. The SMILES string of the molecule is C1CN2CCN1CC2.O=C(O)CCCCCCCC(=O)O. The number of aliphatic carboxylic acids is 2. The van der Waals surface area contributed by atoms with E-state index in [1.807, 2.05) is 0 Å². The first-order valence-corrected chi connectivity index (χ1v) is 7.96. The normalized spacial score (nSPS) is 23.2. The zero-order chi connectivity index (χ0) is 15.5. The van der Waals surface area contributed by atoms with Gasteiger partial charge in [-0.2, -0.15) is 0 Å². The lowest BCUT2D eigenvalue weighted by molar-refractivity contribution is -0.138. The van der Waals surface area contributed by atoms with Crippen LogP contribution < -0.4 is 0 Å². The van der Waals surface area contributed by atoms with Crippen LogP contribution in [0, 0.1) is 0 Å². The highest BCUT2D eigenvalue weighted by atomic mass is 16.4. The van der Waals surface area contributed by atoms with Crippen molar-refractivity contribution in [3.8, 4) is 0 Å². The van der Waals surface area contributed by atoms with Gasteiger partial charge in [0.05, 0.1) is 0 Å². The van der Waals surface area contributed by atoms with E-state index >= 15 is 0 Å². The Hall–Kier alpha value is -1.14. The predicted octanol–water partition coefficient (Wildman–Crippen LogP) is 1.50. The Labute approximate surface area is 126 Å². The van der Waals surface area contributed by atoms with Crippen LogP contribution in [0.15, 0.2) is 0 Å². The number of rotatable bonds is 8. The highest BCUT2D eigenvalue weighted by Crippen LogP contribution is 2.07. The number of piperazine rings is 3. The average Bonchev–Trinajstić information content (AvgIpc) is 2.48. The average molecular weight is 300 g/mol. The van der Waals surface area contributed by atoms with E-state index in [2.05, 4.69) is 9.80 Å². The molecule has 0 unspecified atom stereocenters. The summed E-state index contributed by atoms with van der Waals surface area (Å²) < 4.78 is 0. The number of carboxylic acids is 2. The fraction of sp³-hybridized carbons (Fsp3) is 0.867. The van der Waals surface area contributed by atoms with E-state index in [9.17, 15) is 9.59 Å². The van der Waals surface area contributed by atoms with Crippen LogP contribution in [-0.2, 0) is 9.59 Å². The van der Waals surface area contributed by atoms with E-state index < -0.39 is 11.9 Å². The largest absolute Gasteiger partial charge is 0.481 e. The molecule has 0 atom stereocenters. The first-order valence-electron chi connectivity index (χ1n) is 7.96. The van der Waals surface area contributed by atoms with Gasteiger partial charge in [0.15, 0.2) is 0 Å². The summed E-state index contributed by atoms with van der Waals surface area (Å²) in [5.74, 6) is -1.52. The second-order valence-electron chi connectivity index (χ2n) is 5.74. The highest BCUT2D eigenvalue weighted by molar-refractivity contribution is 5.66. The van der Waals surface area contributed by atoms with Gasteiger partial charge < -0.3 is 10.2 Å². The van der Waals surface area contributed by atoms with Crippen LogP contribution >= 0.6 is 0 Å². The molecule has 0 amide bonds. The van der Waals surface area contributed by atoms with E-state index in [1.165, 1.54) is 39.3 Å². The van der Waals surface area contributed by atoms with Crippen molar-refractivity contribution in [2.45, 2.75) is 44.9 Å². The topological polar surface area (TPSA) is 81.1 Å². The molecule has 0 aromatic carbocycles. The summed E-state index contributed by atoms with van der Waals surface area (Å²) in [4.78, 5) is 25.3. The molecule has 3 aliphatic rings.